The van der Waals surface area contributed by atoms with Gasteiger partial charge >= 0.3 is 0 Å². The van der Waals surface area contributed by atoms with E-state index in [-0.39, 0.29) is 5.92 Å². The minimum Gasteiger partial charge on any atom is -0.231 e. The van der Waals surface area contributed by atoms with Gasteiger partial charge in [-0.1, -0.05) is 53.0 Å². The average molecular weight is 425 g/mol. The smallest absolute Gasteiger partial charge is 0.162 e. The van der Waals surface area contributed by atoms with Gasteiger partial charge in [0.2, 0.25) is 0 Å². The topological polar surface area (TPSA) is 25.8 Å². The lowest BCUT2D eigenvalue weighted by Gasteiger charge is -2.12. The molecule has 0 unspecified atom stereocenters. The van der Waals surface area contributed by atoms with Crippen molar-refractivity contribution in [3.8, 4) is 11.4 Å². The van der Waals surface area contributed by atoms with Crippen molar-refractivity contribution in [2.75, 3.05) is 0 Å². The summed E-state index contributed by atoms with van der Waals surface area (Å²) >= 11 is 19.1. The van der Waals surface area contributed by atoms with Gasteiger partial charge in [-0.15, -0.1) is 0 Å². The van der Waals surface area contributed by atoms with Crippen LogP contribution in [0.1, 0.15) is 25.5 Å². The van der Waals surface area contributed by atoms with Crippen LogP contribution in [-0.2, 0) is 0 Å². The minimum atomic E-state index is 0.242. The van der Waals surface area contributed by atoms with Gasteiger partial charge in [0.05, 0.1) is 10.2 Å². The Morgan fingerprint density at radius 1 is 1.11 bits per heavy atom. The molecule has 19 heavy (non-hydrogen) atoms. The first-order valence-electron chi connectivity index (χ1n) is 5.58. The molecule has 0 aliphatic heterocycles. The monoisotopic (exact) mass is 422 g/mol. The van der Waals surface area contributed by atoms with Crippen LogP contribution in [-0.4, -0.2) is 9.97 Å². The highest BCUT2D eigenvalue weighted by atomic mass is 79.9. The number of halogens is 4. The van der Waals surface area contributed by atoms with Gasteiger partial charge in [-0.3, -0.25) is 0 Å². The summed E-state index contributed by atoms with van der Waals surface area (Å²) in [5, 5.41) is 1.03. The normalized spacial score (nSPS) is 11.1. The molecule has 2 rings (SSSR count). The third-order valence-electron chi connectivity index (χ3n) is 2.55. The molecule has 1 heterocycles. The van der Waals surface area contributed by atoms with Crippen LogP contribution < -0.4 is 0 Å². The predicted octanol–water partition coefficient (Wildman–Crippen LogP) is 6.10. The van der Waals surface area contributed by atoms with E-state index in [4.69, 9.17) is 23.2 Å². The Balaban J connectivity index is 2.66. The molecule has 0 aliphatic carbocycles. The van der Waals surface area contributed by atoms with Crippen molar-refractivity contribution in [1.82, 2.24) is 9.97 Å². The second-order valence-corrected chi connectivity index (χ2v) is 6.76. The molecule has 0 bridgehead atoms. The van der Waals surface area contributed by atoms with Gasteiger partial charge in [0.25, 0.3) is 0 Å². The molecule has 2 nitrogen and oxygen atoms in total. The van der Waals surface area contributed by atoms with Crippen LogP contribution in [0.3, 0.4) is 0 Å². The van der Waals surface area contributed by atoms with Crippen molar-refractivity contribution < 1.29 is 0 Å². The lowest BCUT2D eigenvalue weighted by molar-refractivity contribution is 0.809. The first kappa shape index (κ1) is 15.2. The Kier molecular flexibility index (Phi) is 4.88. The van der Waals surface area contributed by atoms with Crippen LogP contribution in [0.5, 0.6) is 0 Å². The van der Waals surface area contributed by atoms with Crippen LogP contribution in [0.4, 0.5) is 0 Å². The summed E-state index contributed by atoms with van der Waals surface area (Å²) in [7, 11) is 0. The second-order valence-electron chi connectivity index (χ2n) is 4.32. The number of nitrogens with zero attached hydrogens (tertiary/aromatic N) is 2. The molecule has 1 aromatic heterocycles. The Labute approximate surface area is 138 Å². The third kappa shape index (κ3) is 3.30. The Hall–Kier alpha value is -0.160. The van der Waals surface area contributed by atoms with Gasteiger partial charge in [0.15, 0.2) is 5.82 Å². The van der Waals surface area contributed by atoms with Crippen LogP contribution in [0.15, 0.2) is 27.1 Å². The summed E-state index contributed by atoms with van der Waals surface area (Å²) in [6, 6.07) is 5.49. The zero-order chi connectivity index (χ0) is 14.2. The van der Waals surface area contributed by atoms with E-state index in [9.17, 15) is 0 Å². The van der Waals surface area contributed by atoms with Crippen molar-refractivity contribution in [1.29, 1.82) is 0 Å². The third-order valence-corrected chi connectivity index (χ3v) is 4.76. The number of aromatic nitrogens is 2. The molecule has 0 saturated carbocycles. The van der Waals surface area contributed by atoms with Crippen LogP contribution in [0.2, 0.25) is 10.2 Å². The van der Waals surface area contributed by atoms with Crippen molar-refractivity contribution in [2.45, 2.75) is 19.8 Å². The first-order valence-corrected chi connectivity index (χ1v) is 7.92. The molecular formula is C13H10Br2Cl2N2. The van der Waals surface area contributed by atoms with Crippen LogP contribution in [0, 0.1) is 0 Å². The maximum absolute atomic E-state index is 6.16. The van der Waals surface area contributed by atoms with E-state index < -0.39 is 0 Å². The summed E-state index contributed by atoms with van der Waals surface area (Å²) in [5.74, 6) is 0.804. The van der Waals surface area contributed by atoms with Crippen molar-refractivity contribution in [3.05, 3.63) is 43.0 Å². The second kappa shape index (κ2) is 6.08. The molecular weight excluding hydrogens is 415 g/mol. The molecule has 0 spiro atoms. The van der Waals surface area contributed by atoms with Gasteiger partial charge < -0.3 is 0 Å². The SMILES string of the molecule is CC(C)c1nc(-c2cc(Cl)ccc2Br)nc(Cl)c1Br. The maximum Gasteiger partial charge on any atom is 0.162 e. The zero-order valence-corrected chi connectivity index (χ0v) is 14.9. The van der Waals surface area contributed by atoms with Crippen molar-refractivity contribution in [2.24, 2.45) is 0 Å². The van der Waals surface area contributed by atoms with Crippen LogP contribution >= 0.6 is 55.1 Å². The highest BCUT2D eigenvalue weighted by Crippen LogP contribution is 2.34. The maximum atomic E-state index is 6.16. The molecule has 0 aliphatic rings. The first-order chi connectivity index (χ1) is 8.90. The number of benzene rings is 1. The molecule has 2 aromatic rings. The highest BCUT2D eigenvalue weighted by Gasteiger charge is 2.16. The molecule has 0 amide bonds. The average Bonchev–Trinajstić information content (AvgIpc) is 2.35. The molecule has 6 heteroatoms. The van der Waals surface area contributed by atoms with Gasteiger partial charge in [-0.05, 0) is 40.0 Å². The van der Waals surface area contributed by atoms with E-state index in [2.05, 4.69) is 55.7 Å². The Morgan fingerprint density at radius 3 is 2.42 bits per heavy atom. The van der Waals surface area contributed by atoms with E-state index >= 15 is 0 Å². The Bertz CT molecular complexity index is 630. The molecule has 0 N–H and O–H groups in total. The van der Waals surface area contributed by atoms with E-state index in [1.54, 1.807) is 6.07 Å². The fraction of sp³-hybridized carbons (Fsp3) is 0.231. The number of rotatable bonds is 2. The van der Waals surface area contributed by atoms with Gasteiger partial charge in [0.1, 0.15) is 5.15 Å². The molecule has 0 fully saturated rings. The van der Waals surface area contributed by atoms with Crippen molar-refractivity contribution >= 4 is 55.1 Å². The van der Waals surface area contributed by atoms with Crippen molar-refractivity contribution in [3.63, 3.8) is 0 Å². The van der Waals surface area contributed by atoms with E-state index in [1.807, 2.05) is 12.1 Å². The molecule has 0 radical (unpaired) electrons. The highest BCUT2D eigenvalue weighted by molar-refractivity contribution is 9.11. The van der Waals surface area contributed by atoms with Gasteiger partial charge in [0, 0.05) is 15.1 Å². The lowest BCUT2D eigenvalue weighted by Crippen LogP contribution is -2.00. The predicted molar refractivity (Wildman–Crippen MR) is 87.0 cm³/mol. The largest absolute Gasteiger partial charge is 0.231 e. The zero-order valence-electron chi connectivity index (χ0n) is 10.2. The van der Waals surface area contributed by atoms with Gasteiger partial charge in [-0.2, -0.15) is 0 Å². The molecule has 0 atom stereocenters. The van der Waals surface area contributed by atoms with Gasteiger partial charge in [-0.25, -0.2) is 9.97 Å². The quantitative estimate of drug-likeness (QED) is 0.544. The fourth-order valence-electron chi connectivity index (χ4n) is 1.61. The Morgan fingerprint density at radius 2 is 1.79 bits per heavy atom. The van der Waals surface area contributed by atoms with E-state index in [0.717, 1.165) is 20.2 Å². The molecule has 0 saturated heterocycles. The lowest BCUT2D eigenvalue weighted by atomic mass is 10.1. The van der Waals surface area contributed by atoms with Crippen LogP contribution in [0.25, 0.3) is 11.4 Å². The summed E-state index contributed by atoms with van der Waals surface area (Å²) in [6.45, 7) is 4.11. The number of hydrogen-bond donors (Lipinski definition) is 0. The molecule has 1 aromatic carbocycles. The summed E-state index contributed by atoms with van der Waals surface area (Å²) in [5.41, 5.74) is 1.70. The standard InChI is InChI=1S/C13H10Br2Cl2N2/c1-6(2)11-10(15)12(17)19-13(18-11)8-5-7(16)3-4-9(8)14/h3-6H,1-2H3. The fourth-order valence-corrected chi connectivity index (χ4v) is 3.02. The summed E-state index contributed by atoms with van der Waals surface area (Å²) in [6.07, 6.45) is 0. The number of hydrogen-bond acceptors (Lipinski definition) is 2. The molecule has 100 valence electrons. The van der Waals surface area contributed by atoms with E-state index in [1.165, 1.54) is 0 Å². The van der Waals surface area contributed by atoms with E-state index in [0.29, 0.717) is 16.0 Å². The summed E-state index contributed by atoms with van der Waals surface area (Å²) < 4.78 is 1.62. The summed E-state index contributed by atoms with van der Waals surface area (Å²) in [4.78, 5) is 8.88. The minimum absolute atomic E-state index is 0.242.